The first kappa shape index (κ1) is 23.6. The molecular formula is C30H33FOS. The first-order valence-corrected chi connectivity index (χ1v) is 12.7. The number of halogens is 1. The van der Waals surface area contributed by atoms with Gasteiger partial charge >= 0.3 is 0 Å². The molecule has 0 aliphatic rings. The number of benzene rings is 3. The normalized spacial score (nSPS) is 11.5. The van der Waals surface area contributed by atoms with Crippen LogP contribution >= 0.6 is 12.2 Å². The topological polar surface area (TPSA) is 13.1 Å². The van der Waals surface area contributed by atoms with Gasteiger partial charge in [-0.3, -0.25) is 0 Å². The fourth-order valence-corrected chi connectivity index (χ4v) is 4.82. The monoisotopic (exact) mass is 460 g/mol. The van der Waals surface area contributed by atoms with Crippen LogP contribution < -0.4 is 0 Å². The van der Waals surface area contributed by atoms with Crippen molar-refractivity contribution in [3.05, 3.63) is 76.2 Å². The predicted octanol–water partition coefficient (Wildman–Crippen LogP) is 10.1. The molecule has 0 aliphatic heterocycles. The second-order valence-electron chi connectivity index (χ2n) is 9.16. The van der Waals surface area contributed by atoms with Crippen LogP contribution in [0.15, 0.2) is 59.0 Å². The minimum Gasteiger partial charge on any atom is -0.441 e. The molecule has 0 bridgehead atoms. The van der Waals surface area contributed by atoms with Gasteiger partial charge in [-0.05, 0) is 60.1 Å². The summed E-state index contributed by atoms with van der Waals surface area (Å²) in [7, 11) is 0. The molecule has 0 unspecified atom stereocenters. The van der Waals surface area contributed by atoms with Gasteiger partial charge < -0.3 is 4.42 Å². The smallest absolute Gasteiger partial charge is 0.198 e. The molecule has 0 amide bonds. The molecule has 0 N–H and O–H groups in total. The lowest BCUT2D eigenvalue weighted by atomic mass is 9.98. The van der Waals surface area contributed by atoms with E-state index in [1.165, 1.54) is 44.1 Å². The van der Waals surface area contributed by atoms with E-state index in [2.05, 4.69) is 50.2 Å². The van der Waals surface area contributed by atoms with Crippen LogP contribution in [0.5, 0.6) is 0 Å². The minimum absolute atomic E-state index is 0.258. The molecule has 0 fully saturated rings. The molecule has 0 saturated heterocycles. The molecular weight excluding hydrogens is 427 g/mol. The molecule has 0 atom stereocenters. The van der Waals surface area contributed by atoms with Gasteiger partial charge in [0.2, 0.25) is 0 Å². The third-order valence-corrected chi connectivity index (χ3v) is 6.89. The Morgan fingerprint density at radius 2 is 1.36 bits per heavy atom. The maximum Gasteiger partial charge on any atom is 0.198 e. The van der Waals surface area contributed by atoms with Gasteiger partial charge in [-0.15, -0.1) is 0 Å². The fraction of sp³-hybridized carbons (Fsp3) is 0.367. The molecule has 0 radical (unpaired) electrons. The Morgan fingerprint density at radius 3 is 2.09 bits per heavy atom. The quantitative estimate of drug-likeness (QED) is 0.133. The lowest BCUT2D eigenvalue weighted by Gasteiger charge is -2.10. The van der Waals surface area contributed by atoms with Crippen molar-refractivity contribution in [3.63, 3.8) is 0 Å². The fourth-order valence-electron chi connectivity index (χ4n) is 4.57. The van der Waals surface area contributed by atoms with E-state index in [4.69, 9.17) is 16.6 Å². The average molecular weight is 461 g/mol. The van der Waals surface area contributed by atoms with E-state index in [0.717, 1.165) is 52.1 Å². The van der Waals surface area contributed by atoms with E-state index < -0.39 is 0 Å². The van der Waals surface area contributed by atoms with Crippen LogP contribution in [-0.2, 0) is 6.42 Å². The molecule has 4 aromatic rings. The Labute approximate surface area is 201 Å². The van der Waals surface area contributed by atoms with E-state index in [-0.39, 0.29) is 11.4 Å². The number of fused-ring (bicyclic) bond motifs is 3. The van der Waals surface area contributed by atoms with Crippen LogP contribution in [0.2, 0.25) is 0 Å². The van der Waals surface area contributed by atoms with Crippen LogP contribution in [0, 0.1) is 17.4 Å². The van der Waals surface area contributed by atoms with Crippen LogP contribution in [0.4, 0.5) is 4.39 Å². The number of hydrogen-bond donors (Lipinski definition) is 0. The van der Waals surface area contributed by atoms with Crippen molar-refractivity contribution in [2.24, 2.45) is 0 Å². The SMILES string of the molecule is CCCCCCCCCCc1ccc2c(oc(=S)c3cc(-c4ccc(C)cc4)ccc32)c1F. The Hall–Kier alpha value is -2.52. The number of aryl methyl sites for hydroxylation is 2. The summed E-state index contributed by atoms with van der Waals surface area (Å²) in [4.78, 5) is 0. The van der Waals surface area contributed by atoms with E-state index in [1.54, 1.807) is 0 Å². The number of unbranched alkanes of at least 4 members (excludes halogenated alkanes) is 7. The molecule has 0 aliphatic carbocycles. The maximum atomic E-state index is 15.3. The molecule has 3 heteroatoms. The lowest BCUT2D eigenvalue weighted by molar-refractivity contribution is 0.533. The van der Waals surface area contributed by atoms with Gasteiger partial charge in [-0.2, -0.15) is 0 Å². The lowest BCUT2D eigenvalue weighted by Crippen LogP contribution is -1.94. The van der Waals surface area contributed by atoms with E-state index in [0.29, 0.717) is 4.71 Å². The third kappa shape index (κ3) is 5.52. The average Bonchev–Trinajstić information content (AvgIpc) is 2.83. The maximum absolute atomic E-state index is 15.3. The Balaban J connectivity index is 1.53. The molecule has 0 saturated carbocycles. The molecule has 3 aromatic carbocycles. The van der Waals surface area contributed by atoms with Gasteiger partial charge in [-0.1, -0.05) is 106 Å². The van der Waals surface area contributed by atoms with Crippen molar-refractivity contribution in [1.82, 2.24) is 0 Å². The zero-order valence-corrected chi connectivity index (χ0v) is 20.6. The molecule has 1 heterocycles. The van der Waals surface area contributed by atoms with Crippen molar-refractivity contribution in [2.45, 2.75) is 71.6 Å². The Kier molecular flexibility index (Phi) is 7.93. The summed E-state index contributed by atoms with van der Waals surface area (Å²) < 4.78 is 21.6. The summed E-state index contributed by atoms with van der Waals surface area (Å²) in [5.41, 5.74) is 4.44. The Bertz CT molecular complexity index is 1290. The highest BCUT2D eigenvalue weighted by atomic mass is 32.1. The molecule has 1 aromatic heterocycles. The van der Waals surface area contributed by atoms with Crippen LogP contribution in [0.25, 0.3) is 32.9 Å². The van der Waals surface area contributed by atoms with Crippen molar-refractivity contribution in [3.8, 4) is 11.1 Å². The van der Waals surface area contributed by atoms with Crippen molar-refractivity contribution >= 4 is 34.0 Å². The van der Waals surface area contributed by atoms with Crippen molar-refractivity contribution < 1.29 is 8.81 Å². The number of rotatable bonds is 10. The summed E-state index contributed by atoms with van der Waals surface area (Å²) in [6.45, 7) is 4.32. The molecule has 1 nitrogen and oxygen atoms in total. The van der Waals surface area contributed by atoms with Gasteiger partial charge in [0, 0.05) is 10.8 Å². The largest absolute Gasteiger partial charge is 0.441 e. The summed E-state index contributed by atoms with van der Waals surface area (Å²) in [5.74, 6) is -0.258. The molecule has 33 heavy (non-hydrogen) atoms. The summed E-state index contributed by atoms with van der Waals surface area (Å²) in [6.07, 6.45) is 10.7. The molecule has 0 spiro atoms. The minimum atomic E-state index is -0.258. The van der Waals surface area contributed by atoms with E-state index >= 15 is 4.39 Å². The van der Waals surface area contributed by atoms with Crippen LogP contribution in [-0.4, -0.2) is 0 Å². The van der Waals surface area contributed by atoms with Gasteiger partial charge in [0.25, 0.3) is 0 Å². The van der Waals surface area contributed by atoms with E-state index in [1.807, 2.05) is 18.2 Å². The zero-order chi connectivity index (χ0) is 23.2. The van der Waals surface area contributed by atoms with Crippen LogP contribution in [0.1, 0.15) is 69.4 Å². The Morgan fingerprint density at radius 1 is 0.727 bits per heavy atom. The first-order chi connectivity index (χ1) is 16.1. The first-order valence-electron chi connectivity index (χ1n) is 12.3. The highest BCUT2D eigenvalue weighted by Gasteiger charge is 2.14. The van der Waals surface area contributed by atoms with Crippen LogP contribution in [0.3, 0.4) is 0 Å². The third-order valence-electron chi connectivity index (χ3n) is 6.59. The molecule has 172 valence electrons. The number of hydrogen-bond acceptors (Lipinski definition) is 2. The van der Waals surface area contributed by atoms with Gasteiger partial charge in [0.1, 0.15) is 0 Å². The standard InChI is InChI=1S/C30H33FOS/c1-3-4-5-6-7-8-9-10-11-23-16-19-26-25-18-17-24(22-14-12-21(2)13-15-22)20-27(25)30(33)32-29(26)28(23)31/h12-20H,3-11H2,1-2H3. The van der Waals surface area contributed by atoms with E-state index in [9.17, 15) is 0 Å². The van der Waals surface area contributed by atoms with Gasteiger partial charge in [-0.25, -0.2) is 4.39 Å². The summed E-state index contributed by atoms with van der Waals surface area (Å²) >= 11 is 5.55. The second-order valence-corrected chi connectivity index (χ2v) is 9.53. The summed E-state index contributed by atoms with van der Waals surface area (Å²) in [5, 5.41) is 2.58. The highest BCUT2D eigenvalue weighted by Crippen LogP contribution is 2.33. The molecule has 4 rings (SSSR count). The van der Waals surface area contributed by atoms with Gasteiger partial charge in [0.15, 0.2) is 16.1 Å². The highest BCUT2D eigenvalue weighted by molar-refractivity contribution is 7.71. The zero-order valence-electron chi connectivity index (χ0n) is 19.8. The summed E-state index contributed by atoms with van der Waals surface area (Å²) in [6, 6.07) is 18.5. The second kappa shape index (κ2) is 11.1. The van der Waals surface area contributed by atoms with Crippen molar-refractivity contribution in [1.29, 1.82) is 0 Å². The van der Waals surface area contributed by atoms with Gasteiger partial charge in [0.05, 0.1) is 0 Å². The van der Waals surface area contributed by atoms with Crippen molar-refractivity contribution in [2.75, 3.05) is 0 Å². The predicted molar refractivity (Wildman–Crippen MR) is 141 cm³/mol.